The number of anilines is 1. The summed E-state index contributed by atoms with van der Waals surface area (Å²) in [7, 11) is 0. The molecule has 0 aliphatic heterocycles. The monoisotopic (exact) mass is 446 g/mol. The average Bonchev–Trinajstić information content (AvgIpc) is 2.75. The number of carboxylic acids is 1. The van der Waals surface area contributed by atoms with Crippen molar-refractivity contribution >= 4 is 17.7 Å². The van der Waals surface area contributed by atoms with Gasteiger partial charge in [-0.3, -0.25) is 0 Å². The van der Waals surface area contributed by atoms with Gasteiger partial charge in [-0.15, -0.1) is 0 Å². The van der Waals surface area contributed by atoms with Crippen LogP contribution in [0.15, 0.2) is 48.5 Å². The molecule has 0 aromatic heterocycles. The molecule has 1 atom stereocenters. The highest BCUT2D eigenvalue weighted by Gasteiger charge is 2.18. The highest BCUT2D eigenvalue weighted by atomic mass is 19.1. The van der Waals surface area contributed by atoms with E-state index in [0.29, 0.717) is 37.7 Å². The van der Waals surface area contributed by atoms with E-state index in [2.05, 4.69) is 5.32 Å². The lowest BCUT2D eigenvalue weighted by atomic mass is 10.1. The van der Waals surface area contributed by atoms with Gasteiger partial charge in [0.1, 0.15) is 18.2 Å². The van der Waals surface area contributed by atoms with Crippen LogP contribution in [0.2, 0.25) is 0 Å². The molecule has 0 heterocycles. The average molecular weight is 447 g/mol. The predicted molar refractivity (Wildman–Crippen MR) is 121 cm³/mol. The second-order valence-electron chi connectivity index (χ2n) is 7.76. The molecule has 0 saturated carbocycles. The van der Waals surface area contributed by atoms with Crippen molar-refractivity contribution < 1.29 is 28.6 Å². The third kappa shape index (κ3) is 8.55. The van der Waals surface area contributed by atoms with Crippen molar-refractivity contribution in [3.05, 3.63) is 59.9 Å². The number of hydrogen-bond acceptors (Lipinski definition) is 4. The van der Waals surface area contributed by atoms with E-state index >= 15 is 0 Å². The first-order valence-electron chi connectivity index (χ1n) is 10.7. The minimum atomic E-state index is -0.990. The van der Waals surface area contributed by atoms with Crippen LogP contribution >= 0.6 is 0 Å². The van der Waals surface area contributed by atoms with E-state index in [-0.39, 0.29) is 24.2 Å². The van der Waals surface area contributed by atoms with Crippen LogP contribution in [0.25, 0.3) is 0 Å². The number of carbonyl (C=O) groups is 2. The number of benzene rings is 2. The van der Waals surface area contributed by atoms with Crippen molar-refractivity contribution in [2.45, 2.75) is 33.3 Å². The Balaban J connectivity index is 1.89. The normalized spacial score (nSPS) is 11.8. The number of nitrogens with zero attached hydrogens (tertiary/aromatic N) is 1. The number of urea groups is 1. The van der Waals surface area contributed by atoms with Crippen molar-refractivity contribution in [2.75, 3.05) is 31.6 Å². The van der Waals surface area contributed by atoms with Gasteiger partial charge >= 0.3 is 12.0 Å². The molecule has 8 heteroatoms. The molecule has 0 saturated heterocycles. The van der Waals surface area contributed by atoms with E-state index < -0.39 is 12.1 Å². The molecule has 2 aromatic carbocycles. The molecule has 2 amide bonds. The molecular weight excluding hydrogens is 415 g/mol. The molecule has 0 aliphatic rings. The molecule has 0 spiro atoms. The summed E-state index contributed by atoms with van der Waals surface area (Å²) in [6, 6.07) is 12.5. The van der Waals surface area contributed by atoms with Crippen molar-refractivity contribution in [1.82, 2.24) is 4.90 Å². The highest BCUT2D eigenvalue weighted by Crippen LogP contribution is 2.15. The number of halogens is 1. The maximum Gasteiger partial charge on any atom is 0.333 e. The van der Waals surface area contributed by atoms with Gasteiger partial charge in [-0.1, -0.05) is 26.0 Å². The molecule has 0 bridgehead atoms. The Hall–Kier alpha value is -3.13. The smallest absolute Gasteiger partial charge is 0.333 e. The number of ether oxygens (including phenoxy) is 2. The Kier molecular flexibility index (Phi) is 9.94. The first-order valence-corrected chi connectivity index (χ1v) is 10.7. The molecule has 1 unspecified atom stereocenters. The van der Waals surface area contributed by atoms with Crippen LogP contribution in [0.4, 0.5) is 14.9 Å². The Morgan fingerprint density at radius 2 is 1.75 bits per heavy atom. The standard InChI is InChI=1S/C24H31FN2O5/c1-4-31-22(23(28)29)15-18-5-11-21(12-6-18)32-14-13-27(16-17(2)3)24(30)26-20-9-7-19(25)8-10-20/h5-12,17,22H,4,13-16H2,1-3H3,(H,26,30)(H,28,29). The first-order chi connectivity index (χ1) is 15.3. The number of carbonyl (C=O) groups excluding carboxylic acids is 1. The van der Waals surface area contributed by atoms with Crippen molar-refractivity contribution in [2.24, 2.45) is 5.92 Å². The summed E-state index contributed by atoms with van der Waals surface area (Å²) < 4.78 is 24.1. The van der Waals surface area contributed by atoms with Gasteiger partial charge in [0.2, 0.25) is 0 Å². The minimum absolute atomic E-state index is 0.265. The van der Waals surface area contributed by atoms with Gasteiger partial charge in [0.25, 0.3) is 0 Å². The summed E-state index contributed by atoms with van der Waals surface area (Å²) in [5.74, 6) is -0.463. The molecule has 32 heavy (non-hydrogen) atoms. The number of carboxylic acid groups (broad SMARTS) is 1. The summed E-state index contributed by atoms with van der Waals surface area (Å²) in [5.41, 5.74) is 1.35. The summed E-state index contributed by atoms with van der Waals surface area (Å²) in [6.07, 6.45) is -0.606. The first kappa shape index (κ1) is 25.1. The summed E-state index contributed by atoms with van der Waals surface area (Å²) in [5, 5.41) is 12.0. The maximum atomic E-state index is 13.1. The van der Waals surface area contributed by atoms with Gasteiger partial charge in [0, 0.05) is 25.3 Å². The number of amides is 2. The fourth-order valence-electron chi connectivity index (χ4n) is 3.08. The zero-order chi connectivity index (χ0) is 23.5. The number of nitrogens with one attached hydrogen (secondary N) is 1. The second kappa shape index (κ2) is 12.7. The highest BCUT2D eigenvalue weighted by molar-refractivity contribution is 5.89. The molecule has 2 rings (SSSR count). The molecule has 0 radical (unpaired) electrons. The quantitative estimate of drug-likeness (QED) is 0.504. The third-order valence-corrected chi connectivity index (χ3v) is 4.59. The predicted octanol–water partition coefficient (Wildman–Crippen LogP) is 4.43. The zero-order valence-electron chi connectivity index (χ0n) is 18.7. The van der Waals surface area contributed by atoms with Gasteiger partial charge in [0.15, 0.2) is 6.10 Å². The lowest BCUT2D eigenvalue weighted by Crippen LogP contribution is -2.40. The van der Waals surface area contributed by atoms with Gasteiger partial charge in [-0.25, -0.2) is 14.0 Å². The molecular formula is C24H31FN2O5. The Bertz CT molecular complexity index is 856. The molecule has 0 aliphatic carbocycles. The van der Waals surface area contributed by atoms with Crippen LogP contribution in [-0.4, -0.2) is 54.4 Å². The third-order valence-electron chi connectivity index (χ3n) is 4.59. The molecule has 2 aromatic rings. The van der Waals surface area contributed by atoms with Crippen LogP contribution in [0.3, 0.4) is 0 Å². The largest absolute Gasteiger partial charge is 0.492 e. The van der Waals surface area contributed by atoms with E-state index in [1.54, 1.807) is 36.1 Å². The van der Waals surface area contributed by atoms with Crippen molar-refractivity contribution in [3.63, 3.8) is 0 Å². The second-order valence-corrected chi connectivity index (χ2v) is 7.76. The van der Waals surface area contributed by atoms with Gasteiger partial charge in [-0.2, -0.15) is 0 Å². The van der Waals surface area contributed by atoms with Crippen LogP contribution in [0.5, 0.6) is 5.75 Å². The summed E-state index contributed by atoms with van der Waals surface area (Å²) in [4.78, 5) is 25.5. The fourth-order valence-corrected chi connectivity index (χ4v) is 3.08. The van der Waals surface area contributed by atoms with E-state index in [0.717, 1.165) is 5.56 Å². The van der Waals surface area contributed by atoms with Crippen LogP contribution in [0.1, 0.15) is 26.3 Å². The zero-order valence-corrected chi connectivity index (χ0v) is 18.7. The maximum absolute atomic E-state index is 13.1. The lowest BCUT2D eigenvalue weighted by Gasteiger charge is -2.25. The Morgan fingerprint density at radius 1 is 1.09 bits per heavy atom. The summed E-state index contributed by atoms with van der Waals surface area (Å²) >= 11 is 0. The molecule has 7 nitrogen and oxygen atoms in total. The lowest BCUT2D eigenvalue weighted by molar-refractivity contribution is -0.149. The summed E-state index contributed by atoms with van der Waals surface area (Å²) in [6.45, 7) is 7.34. The van der Waals surface area contributed by atoms with Crippen LogP contribution in [0, 0.1) is 11.7 Å². The number of hydrogen-bond donors (Lipinski definition) is 2. The Labute approximate surface area is 188 Å². The van der Waals surface area contributed by atoms with E-state index in [9.17, 15) is 19.1 Å². The fraction of sp³-hybridized carbons (Fsp3) is 0.417. The van der Waals surface area contributed by atoms with Crippen LogP contribution in [-0.2, 0) is 16.0 Å². The molecule has 0 fully saturated rings. The van der Waals surface area contributed by atoms with Crippen LogP contribution < -0.4 is 10.1 Å². The topological polar surface area (TPSA) is 88.1 Å². The Morgan fingerprint density at radius 3 is 2.31 bits per heavy atom. The van der Waals surface area contributed by atoms with Crippen molar-refractivity contribution in [1.29, 1.82) is 0 Å². The molecule has 174 valence electrons. The SMILES string of the molecule is CCOC(Cc1ccc(OCCN(CC(C)C)C(=O)Nc2ccc(F)cc2)cc1)C(=O)O. The minimum Gasteiger partial charge on any atom is -0.492 e. The van der Waals surface area contributed by atoms with Crippen molar-refractivity contribution in [3.8, 4) is 5.75 Å². The van der Waals surface area contributed by atoms with Gasteiger partial charge in [-0.05, 0) is 54.8 Å². The van der Waals surface area contributed by atoms with Gasteiger partial charge in [0.05, 0.1) is 6.54 Å². The van der Waals surface area contributed by atoms with E-state index in [1.165, 1.54) is 24.3 Å². The number of aliphatic carboxylic acids is 1. The van der Waals surface area contributed by atoms with E-state index in [1.807, 2.05) is 13.8 Å². The number of rotatable bonds is 12. The van der Waals surface area contributed by atoms with Gasteiger partial charge < -0.3 is 24.8 Å². The van der Waals surface area contributed by atoms with E-state index in [4.69, 9.17) is 9.47 Å². The molecule has 2 N–H and O–H groups in total.